The zero-order chi connectivity index (χ0) is 21.9. The second-order valence-corrected chi connectivity index (χ2v) is 6.85. The van der Waals surface area contributed by atoms with Crippen molar-refractivity contribution in [2.24, 2.45) is 4.99 Å². The summed E-state index contributed by atoms with van der Waals surface area (Å²) in [6.07, 6.45) is -0.709. The quantitative estimate of drug-likeness (QED) is 0.401. The van der Waals surface area contributed by atoms with Crippen molar-refractivity contribution in [1.82, 2.24) is 10.6 Å². The first-order valence-electron chi connectivity index (χ1n) is 9.88. The number of benzene rings is 2. The van der Waals surface area contributed by atoms with Gasteiger partial charge in [-0.2, -0.15) is 8.78 Å². The highest BCUT2D eigenvalue weighted by Crippen LogP contribution is 2.19. The number of alkyl halides is 2. The summed E-state index contributed by atoms with van der Waals surface area (Å²) in [5, 5.41) is 16.6. The lowest BCUT2D eigenvalue weighted by Gasteiger charge is -2.16. The van der Waals surface area contributed by atoms with Gasteiger partial charge in [-0.05, 0) is 56.2 Å². The molecule has 164 valence electrons. The Morgan fingerprint density at radius 2 is 1.57 bits per heavy atom. The van der Waals surface area contributed by atoms with Crippen molar-refractivity contribution in [3.63, 3.8) is 0 Å². The van der Waals surface area contributed by atoms with Crippen molar-refractivity contribution in [2.45, 2.75) is 46.1 Å². The molecule has 0 aromatic heterocycles. The van der Waals surface area contributed by atoms with Gasteiger partial charge >= 0.3 is 6.61 Å². The van der Waals surface area contributed by atoms with Crippen LogP contribution < -0.4 is 20.1 Å². The Morgan fingerprint density at radius 1 is 0.967 bits per heavy atom. The Balaban J connectivity index is 1.91. The van der Waals surface area contributed by atoms with Crippen molar-refractivity contribution >= 4 is 5.96 Å². The molecule has 0 aliphatic carbocycles. The fourth-order valence-electron chi connectivity index (χ4n) is 2.64. The van der Waals surface area contributed by atoms with Gasteiger partial charge < -0.3 is 25.2 Å². The van der Waals surface area contributed by atoms with Crippen molar-refractivity contribution in [2.75, 3.05) is 13.1 Å². The second-order valence-electron chi connectivity index (χ2n) is 6.85. The molecule has 0 aliphatic rings. The number of guanidine groups is 1. The van der Waals surface area contributed by atoms with E-state index in [0.717, 1.165) is 11.3 Å². The van der Waals surface area contributed by atoms with Gasteiger partial charge in [-0.25, -0.2) is 4.99 Å². The summed E-state index contributed by atoms with van der Waals surface area (Å²) in [7, 11) is 0. The van der Waals surface area contributed by atoms with E-state index < -0.39 is 12.7 Å². The average Bonchev–Trinajstić information content (AvgIpc) is 2.70. The zero-order valence-corrected chi connectivity index (χ0v) is 17.4. The van der Waals surface area contributed by atoms with Crippen LogP contribution in [0.15, 0.2) is 53.5 Å². The monoisotopic (exact) mass is 421 g/mol. The van der Waals surface area contributed by atoms with Crippen molar-refractivity contribution in [1.29, 1.82) is 0 Å². The predicted molar refractivity (Wildman–Crippen MR) is 113 cm³/mol. The molecular weight excluding hydrogens is 392 g/mol. The number of aliphatic hydroxyl groups excluding tert-OH is 1. The third-order valence-electron chi connectivity index (χ3n) is 4.01. The van der Waals surface area contributed by atoms with Crippen LogP contribution in [0.3, 0.4) is 0 Å². The van der Waals surface area contributed by atoms with Gasteiger partial charge in [0.25, 0.3) is 0 Å². The number of nitrogens with one attached hydrogen (secondary N) is 2. The number of aliphatic imine (C=N–C) groups is 1. The van der Waals surface area contributed by atoms with Crippen LogP contribution in [0, 0.1) is 0 Å². The van der Waals surface area contributed by atoms with E-state index in [2.05, 4.69) is 20.4 Å². The molecule has 0 radical (unpaired) electrons. The molecule has 0 spiro atoms. The Hall–Kier alpha value is -2.87. The third-order valence-corrected chi connectivity index (χ3v) is 4.01. The number of hydrogen-bond acceptors (Lipinski definition) is 4. The van der Waals surface area contributed by atoms with Crippen LogP contribution in [0.5, 0.6) is 11.5 Å². The molecule has 0 saturated heterocycles. The summed E-state index contributed by atoms with van der Waals surface area (Å²) in [5.41, 5.74) is 1.61. The average molecular weight is 421 g/mol. The highest BCUT2D eigenvalue weighted by Gasteiger charge is 2.10. The molecule has 6 nitrogen and oxygen atoms in total. The summed E-state index contributed by atoms with van der Waals surface area (Å²) in [4.78, 5) is 4.53. The molecule has 2 aromatic rings. The van der Waals surface area contributed by atoms with E-state index in [1.54, 1.807) is 12.1 Å². The maximum Gasteiger partial charge on any atom is 0.387 e. The van der Waals surface area contributed by atoms with E-state index in [0.29, 0.717) is 24.6 Å². The van der Waals surface area contributed by atoms with E-state index in [-0.39, 0.29) is 18.4 Å². The lowest BCUT2D eigenvalue weighted by atomic mass is 10.1. The molecule has 1 atom stereocenters. The molecule has 0 saturated carbocycles. The first-order valence-corrected chi connectivity index (χ1v) is 9.88. The van der Waals surface area contributed by atoms with E-state index in [1.807, 2.05) is 45.0 Å². The lowest BCUT2D eigenvalue weighted by Crippen LogP contribution is -2.39. The first-order chi connectivity index (χ1) is 14.4. The van der Waals surface area contributed by atoms with Crippen LogP contribution in [-0.4, -0.2) is 36.9 Å². The SMILES string of the molecule is CCNC(=NCc1ccc(OC(C)C)cc1)NCC(O)c1ccc(OC(F)F)cc1. The maximum absolute atomic E-state index is 12.2. The highest BCUT2D eigenvalue weighted by atomic mass is 19.3. The number of aliphatic hydroxyl groups is 1. The van der Waals surface area contributed by atoms with E-state index in [4.69, 9.17) is 4.74 Å². The first kappa shape index (κ1) is 23.4. The summed E-state index contributed by atoms with van der Waals surface area (Å²) in [6.45, 7) is 4.38. The lowest BCUT2D eigenvalue weighted by molar-refractivity contribution is -0.0498. The van der Waals surface area contributed by atoms with Gasteiger partial charge in [0.15, 0.2) is 5.96 Å². The summed E-state index contributed by atoms with van der Waals surface area (Å²) in [5.74, 6) is 1.43. The van der Waals surface area contributed by atoms with Gasteiger partial charge in [-0.15, -0.1) is 0 Å². The minimum atomic E-state index is -2.87. The Labute approximate surface area is 175 Å². The number of rotatable bonds is 10. The molecule has 0 bridgehead atoms. The number of ether oxygens (including phenoxy) is 2. The molecule has 2 rings (SSSR count). The summed E-state index contributed by atoms with van der Waals surface area (Å²) in [6, 6.07) is 13.6. The fraction of sp³-hybridized carbons (Fsp3) is 0.409. The van der Waals surface area contributed by atoms with Crippen LogP contribution in [0.2, 0.25) is 0 Å². The Bertz CT molecular complexity index is 781. The highest BCUT2D eigenvalue weighted by molar-refractivity contribution is 5.79. The van der Waals surface area contributed by atoms with Gasteiger partial charge in [-0.1, -0.05) is 24.3 Å². The van der Waals surface area contributed by atoms with Crippen LogP contribution >= 0.6 is 0 Å². The molecule has 0 heterocycles. The summed E-state index contributed by atoms with van der Waals surface area (Å²) >= 11 is 0. The van der Waals surface area contributed by atoms with Crippen LogP contribution in [-0.2, 0) is 6.54 Å². The molecule has 3 N–H and O–H groups in total. The van der Waals surface area contributed by atoms with Crippen molar-refractivity contribution in [3.05, 3.63) is 59.7 Å². The maximum atomic E-state index is 12.2. The van der Waals surface area contributed by atoms with Gasteiger partial charge in [-0.3, -0.25) is 0 Å². The van der Waals surface area contributed by atoms with E-state index in [1.165, 1.54) is 12.1 Å². The minimum Gasteiger partial charge on any atom is -0.491 e. The van der Waals surface area contributed by atoms with Gasteiger partial charge in [0, 0.05) is 13.1 Å². The molecule has 0 fully saturated rings. The molecule has 8 heteroatoms. The fourth-order valence-corrected chi connectivity index (χ4v) is 2.64. The molecular formula is C22H29F2N3O3. The topological polar surface area (TPSA) is 75.1 Å². The number of hydrogen-bond donors (Lipinski definition) is 3. The zero-order valence-electron chi connectivity index (χ0n) is 17.4. The number of halogens is 2. The van der Waals surface area contributed by atoms with Crippen LogP contribution in [0.4, 0.5) is 8.78 Å². The standard InChI is InChI=1S/C22H29F2N3O3/c1-4-25-22(26-13-16-5-9-18(10-6-16)29-15(2)3)27-14-20(28)17-7-11-19(12-8-17)30-21(23)24/h5-12,15,20-21,28H,4,13-14H2,1-3H3,(H2,25,26,27). The van der Waals surface area contributed by atoms with E-state index in [9.17, 15) is 13.9 Å². The third kappa shape index (κ3) is 8.24. The van der Waals surface area contributed by atoms with Crippen molar-refractivity contribution < 1.29 is 23.4 Å². The molecule has 0 aliphatic heterocycles. The molecule has 30 heavy (non-hydrogen) atoms. The predicted octanol–water partition coefficient (Wildman–Crippen LogP) is 3.86. The van der Waals surface area contributed by atoms with Crippen LogP contribution in [0.25, 0.3) is 0 Å². The second kappa shape index (κ2) is 12.0. The van der Waals surface area contributed by atoms with Gasteiger partial charge in [0.2, 0.25) is 0 Å². The van der Waals surface area contributed by atoms with Gasteiger partial charge in [0.1, 0.15) is 11.5 Å². The molecule has 1 unspecified atom stereocenters. The largest absolute Gasteiger partial charge is 0.491 e. The Morgan fingerprint density at radius 3 is 2.13 bits per heavy atom. The van der Waals surface area contributed by atoms with Gasteiger partial charge in [0.05, 0.1) is 18.8 Å². The smallest absolute Gasteiger partial charge is 0.387 e. The minimum absolute atomic E-state index is 0.0497. The van der Waals surface area contributed by atoms with Crippen molar-refractivity contribution in [3.8, 4) is 11.5 Å². The van der Waals surface area contributed by atoms with Crippen LogP contribution in [0.1, 0.15) is 38.0 Å². The Kier molecular flexibility index (Phi) is 9.34. The molecule has 2 aromatic carbocycles. The van der Waals surface area contributed by atoms with E-state index >= 15 is 0 Å². The normalized spacial score (nSPS) is 12.7. The molecule has 0 amide bonds. The summed E-state index contributed by atoms with van der Waals surface area (Å²) < 4.78 is 34.4. The number of nitrogens with zero attached hydrogens (tertiary/aromatic N) is 1.